The fourth-order valence-electron chi connectivity index (χ4n) is 2.59. The van der Waals surface area contributed by atoms with Crippen LogP contribution >= 0.6 is 19.2 Å². The molecule has 0 amide bonds. The molecule has 136 valence electrons. The number of ether oxygens (including phenoxy) is 1. The standard InChI is InChI=1S/C18H22ClO5P/c1-4-11(2)15-9-14(5-6-17(15)20)24-18-12(3)7-13(8-16(18)19)10-25(21,22)23/h5-9,11,20H,4,10H2,1-3H3,(H2,21,22,23). The Labute approximate surface area is 152 Å². The summed E-state index contributed by atoms with van der Waals surface area (Å²) in [6, 6.07) is 8.17. The molecule has 0 saturated heterocycles. The molecule has 2 rings (SSSR count). The van der Waals surface area contributed by atoms with Crippen molar-refractivity contribution in [2.45, 2.75) is 39.3 Å². The molecule has 7 heteroatoms. The lowest BCUT2D eigenvalue weighted by Crippen LogP contribution is -1.96. The molecule has 2 aromatic rings. The molecule has 0 fully saturated rings. The van der Waals surface area contributed by atoms with Gasteiger partial charge in [0.2, 0.25) is 0 Å². The van der Waals surface area contributed by atoms with Gasteiger partial charge in [-0.1, -0.05) is 31.5 Å². The van der Waals surface area contributed by atoms with E-state index in [1.165, 1.54) is 6.07 Å². The molecule has 0 spiro atoms. The minimum absolute atomic E-state index is 0.186. The normalized spacial score (nSPS) is 12.9. The maximum Gasteiger partial charge on any atom is 0.329 e. The smallest absolute Gasteiger partial charge is 0.329 e. The monoisotopic (exact) mass is 384 g/mol. The molecule has 1 unspecified atom stereocenters. The molecule has 0 aliphatic carbocycles. The number of benzene rings is 2. The number of rotatable bonds is 6. The van der Waals surface area contributed by atoms with Gasteiger partial charge in [-0.2, -0.15) is 0 Å². The topological polar surface area (TPSA) is 87.0 Å². The Morgan fingerprint density at radius 1 is 1.24 bits per heavy atom. The molecule has 2 aromatic carbocycles. The van der Waals surface area contributed by atoms with Gasteiger partial charge in [0.05, 0.1) is 11.2 Å². The first-order valence-corrected chi connectivity index (χ1v) is 10.1. The summed E-state index contributed by atoms with van der Waals surface area (Å²) < 4.78 is 17.0. The summed E-state index contributed by atoms with van der Waals surface area (Å²) in [6.07, 6.45) is 0.513. The van der Waals surface area contributed by atoms with E-state index in [9.17, 15) is 9.67 Å². The number of phenols is 1. The van der Waals surface area contributed by atoms with E-state index < -0.39 is 7.60 Å². The van der Waals surface area contributed by atoms with E-state index in [-0.39, 0.29) is 22.9 Å². The van der Waals surface area contributed by atoms with E-state index in [2.05, 4.69) is 0 Å². The zero-order valence-corrected chi connectivity index (χ0v) is 16.0. The number of hydrogen-bond donors (Lipinski definition) is 3. The quantitative estimate of drug-likeness (QED) is 0.585. The maximum atomic E-state index is 11.2. The van der Waals surface area contributed by atoms with Gasteiger partial charge in [-0.25, -0.2) is 0 Å². The Hall–Kier alpha value is -1.52. The second-order valence-electron chi connectivity index (χ2n) is 6.18. The fraction of sp³-hybridized carbons (Fsp3) is 0.333. The molecule has 0 aromatic heterocycles. The summed E-state index contributed by atoms with van der Waals surface area (Å²) in [5.41, 5.74) is 1.93. The van der Waals surface area contributed by atoms with Gasteiger partial charge in [0, 0.05) is 5.56 Å². The zero-order chi connectivity index (χ0) is 18.8. The molecule has 0 aliphatic heterocycles. The molecule has 3 N–H and O–H groups in total. The van der Waals surface area contributed by atoms with Crippen LogP contribution in [0, 0.1) is 6.92 Å². The van der Waals surface area contributed by atoms with Gasteiger partial charge in [0.1, 0.15) is 17.2 Å². The van der Waals surface area contributed by atoms with Crippen molar-refractivity contribution in [2.75, 3.05) is 0 Å². The van der Waals surface area contributed by atoms with E-state index >= 15 is 0 Å². The highest BCUT2D eigenvalue weighted by Gasteiger charge is 2.18. The van der Waals surface area contributed by atoms with Crippen LogP contribution in [-0.2, 0) is 10.7 Å². The van der Waals surface area contributed by atoms with E-state index in [1.807, 2.05) is 13.8 Å². The van der Waals surface area contributed by atoms with Crippen molar-refractivity contribution in [3.8, 4) is 17.2 Å². The molecule has 1 atom stereocenters. The first-order chi connectivity index (χ1) is 11.6. The van der Waals surface area contributed by atoms with E-state index in [1.54, 1.807) is 31.2 Å². The number of hydrogen-bond acceptors (Lipinski definition) is 3. The van der Waals surface area contributed by atoms with E-state index in [4.69, 9.17) is 26.1 Å². The van der Waals surface area contributed by atoms with Gasteiger partial charge in [0.15, 0.2) is 0 Å². The molecule has 0 bridgehead atoms. The Morgan fingerprint density at radius 2 is 1.92 bits per heavy atom. The molecule has 0 aliphatic rings. The third kappa shape index (κ3) is 5.23. The van der Waals surface area contributed by atoms with Gasteiger partial charge in [-0.05, 0) is 54.7 Å². The molecular formula is C18H22ClO5P. The summed E-state index contributed by atoms with van der Waals surface area (Å²) in [5.74, 6) is 1.38. The van der Waals surface area contributed by atoms with Crippen LogP contribution in [0.15, 0.2) is 30.3 Å². The van der Waals surface area contributed by atoms with Crippen molar-refractivity contribution < 1.29 is 24.2 Å². The average Bonchev–Trinajstić information content (AvgIpc) is 2.50. The SMILES string of the molecule is CCC(C)c1cc(Oc2c(C)cc(CP(=O)(O)O)cc2Cl)ccc1O. The van der Waals surface area contributed by atoms with Crippen molar-refractivity contribution in [3.63, 3.8) is 0 Å². The summed E-state index contributed by atoms with van der Waals surface area (Å²) in [7, 11) is -4.16. The Kier molecular flexibility index (Phi) is 6.17. The Morgan fingerprint density at radius 3 is 2.48 bits per heavy atom. The lowest BCUT2D eigenvalue weighted by Gasteiger charge is -2.16. The summed E-state index contributed by atoms with van der Waals surface area (Å²) >= 11 is 6.25. The predicted molar refractivity (Wildman–Crippen MR) is 98.8 cm³/mol. The van der Waals surface area contributed by atoms with Crippen LogP contribution in [-0.4, -0.2) is 14.9 Å². The number of aromatic hydroxyl groups is 1. The van der Waals surface area contributed by atoms with Crippen molar-refractivity contribution in [1.29, 1.82) is 0 Å². The van der Waals surface area contributed by atoms with Crippen molar-refractivity contribution in [2.24, 2.45) is 0 Å². The minimum Gasteiger partial charge on any atom is -0.508 e. The second-order valence-corrected chi connectivity index (χ2v) is 8.23. The van der Waals surface area contributed by atoms with Gasteiger partial charge >= 0.3 is 7.60 Å². The van der Waals surface area contributed by atoms with Gasteiger partial charge in [-0.3, -0.25) is 4.57 Å². The van der Waals surface area contributed by atoms with E-state index in [0.717, 1.165) is 12.0 Å². The van der Waals surface area contributed by atoms with Crippen molar-refractivity contribution in [3.05, 3.63) is 52.0 Å². The van der Waals surface area contributed by atoms with Crippen LogP contribution in [0.5, 0.6) is 17.2 Å². The zero-order valence-electron chi connectivity index (χ0n) is 14.4. The Balaban J connectivity index is 2.33. The minimum atomic E-state index is -4.16. The molecule has 0 saturated carbocycles. The van der Waals surface area contributed by atoms with Crippen LogP contribution < -0.4 is 4.74 Å². The average molecular weight is 385 g/mol. The van der Waals surface area contributed by atoms with Crippen LogP contribution in [0.3, 0.4) is 0 Å². The highest BCUT2D eigenvalue weighted by atomic mass is 35.5. The van der Waals surface area contributed by atoms with Crippen molar-refractivity contribution in [1.82, 2.24) is 0 Å². The van der Waals surface area contributed by atoms with Gasteiger partial charge in [0.25, 0.3) is 0 Å². The number of phenolic OH excluding ortho intramolecular Hbond substituents is 1. The molecular weight excluding hydrogens is 363 g/mol. The number of aryl methyl sites for hydroxylation is 1. The predicted octanol–water partition coefficient (Wildman–Crippen LogP) is 5.34. The lowest BCUT2D eigenvalue weighted by atomic mass is 9.97. The summed E-state index contributed by atoms with van der Waals surface area (Å²) in [6.45, 7) is 5.83. The third-order valence-electron chi connectivity index (χ3n) is 4.04. The van der Waals surface area contributed by atoms with Crippen LogP contribution in [0.4, 0.5) is 0 Å². The van der Waals surface area contributed by atoms with Gasteiger partial charge in [-0.15, -0.1) is 0 Å². The Bertz CT molecular complexity index is 792. The fourth-order valence-corrected chi connectivity index (χ4v) is 3.57. The van der Waals surface area contributed by atoms with Crippen LogP contribution in [0.25, 0.3) is 0 Å². The highest BCUT2D eigenvalue weighted by Crippen LogP contribution is 2.42. The van der Waals surface area contributed by atoms with Crippen LogP contribution in [0.2, 0.25) is 5.02 Å². The lowest BCUT2D eigenvalue weighted by molar-refractivity contribution is 0.371. The molecule has 0 heterocycles. The highest BCUT2D eigenvalue weighted by molar-refractivity contribution is 7.50. The van der Waals surface area contributed by atoms with Crippen molar-refractivity contribution >= 4 is 19.2 Å². The largest absolute Gasteiger partial charge is 0.508 e. The molecule has 25 heavy (non-hydrogen) atoms. The van der Waals surface area contributed by atoms with E-state index in [0.29, 0.717) is 22.6 Å². The molecule has 0 radical (unpaired) electrons. The van der Waals surface area contributed by atoms with Crippen LogP contribution in [0.1, 0.15) is 42.9 Å². The van der Waals surface area contributed by atoms with Gasteiger partial charge < -0.3 is 19.6 Å². The number of halogens is 1. The third-order valence-corrected chi connectivity index (χ3v) is 5.10. The molecule has 5 nitrogen and oxygen atoms in total. The second kappa shape index (κ2) is 7.79. The summed E-state index contributed by atoms with van der Waals surface area (Å²) in [4.78, 5) is 18.2. The first kappa shape index (κ1) is 19.8. The maximum absolute atomic E-state index is 11.2. The summed E-state index contributed by atoms with van der Waals surface area (Å²) in [5, 5.41) is 10.3. The first-order valence-electron chi connectivity index (χ1n) is 7.95.